The predicted octanol–water partition coefficient (Wildman–Crippen LogP) is 2.80. The molecule has 21 heavy (non-hydrogen) atoms. The molecule has 1 aromatic carbocycles. The Kier molecular flexibility index (Phi) is 4.65. The first-order valence-electron chi connectivity index (χ1n) is 6.36. The lowest BCUT2D eigenvalue weighted by atomic mass is 10.2. The lowest BCUT2D eigenvalue weighted by Gasteiger charge is -2.06. The number of amides is 2. The van der Waals surface area contributed by atoms with E-state index >= 15 is 0 Å². The standard InChI is InChI=1S/C15H15ClN2O3/c1-9-7-11(10(2)21-9)8-17-14(19)15(20)18-13-5-3-12(16)4-6-13/h3-7H,8H2,1-2H3,(H,17,19)(H,18,20). The van der Waals surface area contributed by atoms with Crippen LogP contribution in [0.25, 0.3) is 0 Å². The molecule has 2 amide bonds. The van der Waals surface area contributed by atoms with Crippen LogP contribution in [-0.4, -0.2) is 11.8 Å². The minimum absolute atomic E-state index is 0.246. The third-order valence-electron chi connectivity index (χ3n) is 2.89. The smallest absolute Gasteiger partial charge is 0.313 e. The number of halogens is 1. The van der Waals surface area contributed by atoms with Gasteiger partial charge in [0.05, 0.1) is 0 Å². The summed E-state index contributed by atoms with van der Waals surface area (Å²) in [5.41, 5.74) is 1.36. The van der Waals surface area contributed by atoms with Crippen molar-refractivity contribution >= 4 is 29.1 Å². The quantitative estimate of drug-likeness (QED) is 0.857. The second kappa shape index (κ2) is 6.45. The summed E-state index contributed by atoms with van der Waals surface area (Å²) in [5.74, 6) is 0.0617. The highest BCUT2D eigenvalue weighted by molar-refractivity contribution is 6.39. The SMILES string of the molecule is Cc1cc(CNC(=O)C(=O)Nc2ccc(Cl)cc2)c(C)o1. The number of rotatable bonds is 3. The van der Waals surface area contributed by atoms with E-state index in [9.17, 15) is 9.59 Å². The molecule has 0 unspecified atom stereocenters. The minimum Gasteiger partial charge on any atom is -0.466 e. The fraction of sp³-hybridized carbons (Fsp3) is 0.200. The van der Waals surface area contributed by atoms with Crippen LogP contribution < -0.4 is 10.6 Å². The number of furan rings is 1. The first-order valence-corrected chi connectivity index (χ1v) is 6.74. The zero-order chi connectivity index (χ0) is 15.4. The molecule has 1 aromatic heterocycles. The van der Waals surface area contributed by atoms with Crippen LogP contribution in [0.15, 0.2) is 34.7 Å². The number of hydrogen-bond donors (Lipinski definition) is 2. The number of aryl methyl sites for hydroxylation is 2. The molecule has 0 fully saturated rings. The number of nitrogens with one attached hydrogen (secondary N) is 2. The van der Waals surface area contributed by atoms with Gasteiger partial charge in [0, 0.05) is 22.8 Å². The van der Waals surface area contributed by atoms with E-state index in [2.05, 4.69) is 10.6 Å². The van der Waals surface area contributed by atoms with Gasteiger partial charge < -0.3 is 15.1 Å². The van der Waals surface area contributed by atoms with Gasteiger partial charge in [-0.1, -0.05) is 11.6 Å². The van der Waals surface area contributed by atoms with Gasteiger partial charge in [-0.25, -0.2) is 0 Å². The van der Waals surface area contributed by atoms with Gasteiger partial charge in [-0.15, -0.1) is 0 Å². The molecule has 1 heterocycles. The Hall–Kier alpha value is -2.27. The molecule has 0 saturated carbocycles. The average molecular weight is 307 g/mol. The highest BCUT2D eigenvalue weighted by Gasteiger charge is 2.14. The Morgan fingerprint density at radius 1 is 1.14 bits per heavy atom. The first kappa shape index (κ1) is 15.1. The Morgan fingerprint density at radius 2 is 1.81 bits per heavy atom. The first-order chi connectivity index (χ1) is 9.95. The van der Waals surface area contributed by atoms with Gasteiger partial charge in [0.15, 0.2) is 0 Å². The predicted molar refractivity (Wildman–Crippen MR) is 80.1 cm³/mol. The molecule has 110 valence electrons. The summed E-state index contributed by atoms with van der Waals surface area (Å²) < 4.78 is 5.35. The van der Waals surface area contributed by atoms with Gasteiger partial charge in [-0.2, -0.15) is 0 Å². The number of benzene rings is 1. The van der Waals surface area contributed by atoms with Crippen LogP contribution in [0, 0.1) is 13.8 Å². The van der Waals surface area contributed by atoms with Crippen LogP contribution in [0.4, 0.5) is 5.69 Å². The van der Waals surface area contributed by atoms with Crippen molar-refractivity contribution in [1.82, 2.24) is 5.32 Å². The van der Waals surface area contributed by atoms with Crippen LogP contribution in [0.2, 0.25) is 5.02 Å². The summed E-state index contributed by atoms with van der Waals surface area (Å²) >= 11 is 5.74. The van der Waals surface area contributed by atoms with Gasteiger partial charge >= 0.3 is 11.8 Å². The monoisotopic (exact) mass is 306 g/mol. The Bertz CT molecular complexity index is 662. The van der Waals surface area contributed by atoms with Crippen molar-refractivity contribution in [2.24, 2.45) is 0 Å². The lowest BCUT2D eigenvalue weighted by molar-refractivity contribution is -0.136. The lowest BCUT2D eigenvalue weighted by Crippen LogP contribution is -2.35. The van der Waals surface area contributed by atoms with E-state index < -0.39 is 11.8 Å². The Labute approximate surface area is 127 Å². The van der Waals surface area contributed by atoms with Gasteiger partial charge in [-0.3, -0.25) is 9.59 Å². The van der Waals surface area contributed by atoms with Crippen LogP contribution in [-0.2, 0) is 16.1 Å². The fourth-order valence-electron chi connectivity index (χ4n) is 1.84. The number of hydrogen-bond acceptors (Lipinski definition) is 3. The summed E-state index contributed by atoms with van der Waals surface area (Å²) in [6, 6.07) is 8.33. The zero-order valence-corrected chi connectivity index (χ0v) is 12.5. The van der Waals surface area contributed by atoms with E-state index in [-0.39, 0.29) is 6.54 Å². The molecule has 0 spiro atoms. The van der Waals surface area contributed by atoms with Crippen LogP contribution in [0.3, 0.4) is 0 Å². The second-order valence-electron chi connectivity index (χ2n) is 4.58. The molecule has 0 bridgehead atoms. The molecule has 0 atom stereocenters. The highest BCUT2D eigenvalue weighted by atomic mass is 35.5. The summed E-state index contributed by atoms with van der Waals surface area (Å²) in [6.07, 6.45) is 0. The molecule has 2 aromatic rings. The van der Waals surface area contributed by atoms with E-state index in [0.717, 1.165) is 17.1 Å². The topological polar surface area (TPSA) is 71.3 Å². The maximum absolute atomic E-state index is 11.7. The molecule has 0 aliphatic carbocycles. The third kappa shape index (κ3) is 4.10. The molecule has 0 saturated heterocycles. The van der Waals surface area contributed by atoms with Crippen molar-refractivity contribution in [3.8, 4) is 0 Å². The van der Waals surface area contributed by atoms with Crippen LogP contribution in [0.5, 0.6) is 0 Å². The molecule has 0 radical (unpaired) electrons. The van der Waals surface area contributed by atoms with Crippen molar-refractivity contribution in [3.63, 3.8) is 0 Å². The summed E-state index contributed by atoms with van der Waals surface area (Å²) in [4.78, 5) is 23.5. The fourth-order valence-corrected chi connectivity index (χ4v) is 1.96. The van der Waals surface area contributed by atoms with E-state index in [1.54, 1.807) is 24.3 Å². The van der Waals surface area contributed by atoms with Gasteiger partial charge in [0.25, 0.3) is 0 Å². The highest BCUT2D eigenvalue weighted by Crippen LogP contribution is 2.14. The van der Waals surface area contributed by atoms with Crippen LogP contribution in [0.1, 0.15) is 17.1 Å². The average Bonchev–Trinajstić information content (AvgIpc) is 2.76. The van der Waals surface area contributed by atoms with E-state index in [1.165, 1.54) is 0 Å². The van der Waals surface area contributed by atoms with E-state index in [0.29, 0.717) is 10.7 Å². The number of carbonyl (C=O) groups is 2. The largest absolute Gasteiger partial charge is 0.466 e. The Balaban J connectivity index is 1.89. The maximum atomic E-state index is 11.7. The number of anilines is 1. The molecule has 0 aliphatic rings. The van der Waals surface area contributed by atoms with Gasteiger partial charge in [0.1, 0.15) is 11.5 Å². The van der Waals surface area contributed by atoms with Crippen molar-refractivity contribution in [3.05, 3.63) is 52.4 Å². The van der Waals surface area contributed by atoms with Gasteiger partial charge in [-0.05, 0) is 44.2 Å². The molecule has 6 heteroatoms. The molecule has 2 rings (SSSR count). The normalized spacial score (nSPS) is 10.2. The summed E-state index contributed by atoms with van der Waals surface area (Å²) in [5, 5.41) is 5.60. The Morgan fingerprint density at radius 3 is 2.38 bits per heavy atom. The number of carbonyl (C=O) groups excluding carboxylic acids is 2. The molecular weight excluding hydrogens is 292 g/mol. The van der Waals surface area contributed by atoms with Crippen molar-refractivity contribution in [2.45, 2.75) is 20.4 Å². The second-order valence-corrected chi connectivity index (χ2v) is 5.02. The zero-order valence-electron chi connectivity index (χ0n) is 11.7. The van der Waals surface area contributed by atoms with E-state index in [1.807, 2.05) is 19.9 Å². The molecular formula is C15H15ClN2O3. The third-order valence-corrected chi connectivity index (χ3v) is 3.14. The minimum atomic E-state index is -0.727. The summed E-state index contributed by atoms with van der Waals surface area (Å²) in [6.45, 7) is 3.88. The maximum Gasteiger partial charge on any atom is 0.313 e. The van der Waals surface area contributed by atoms with E-state index in [4.69, 9.17) is 16.0 Å². The van der Waals surface area contributed by atoms with Crippen molar-refractivity contribution < 1.29 is 14.0 Å². The van der Waals surface area contributed by atoms with Gasteiger partial charge in [0.2, 0.25) is 0 Å². The van der Waals surface area contributed by atoms with Crippen molar-refractivity contribution in [1.29, 1.82) is 0 Å². The molecule has 0 aliphatic heterocycles. The van der Waals surface area contributed by atoms with Crippen molar-refractivity contribution in [2.75, 3.05) is 5.32 Å². The molecule has 5 nitrogen and oxygen atoms in total. The summed E-state index contributed by atoms with van der Waals surface area (Å²) in [7, 11) is 0. The van der Waals surface area contributed by atoms with Crippen LogP contribution >= 0.6 is 11.6 Å². The molecule has 2 N–H and O–H groups in total.